The van der Waals surface area contributed by atoms with E-state index >= 15 is 0 Å². The van der Waals surface area contributed by atoms with Crippen molar-refractivity contribution in [3.05, 3.63) is 0 Å². The maximum absolute atomic E-state index is 11.6. The zero-order valence-electron chi connectivity index (χ0n) is 11.4. The van der Waals surface area contributed by atoms with Gasteiger partial charge in [-0.25, -0.2) is 14.6 Å². The Morgan fingerprint density at radius 2 is 1.94 bits per heavy atom. The third-order valence-corrected chi connectivity index (χ3v) is 2.98. The van der Waals surface area contributed by atoms with Crippen molar-refractivity contribution in [3.8, 4) is 0 Å². The van der Waals surface area contributed by atoms with Gasteiger partial charge in [0.2, 0.25) is 6.08 Å². The summed E-state index contributed by atoms with van der Waals surface area (Å²) in [5.41, 5.74) is -0.458. The molecule has 1 aliphatic rings. The number of amides is 1. The molecule has 0 bridgehead atoms. The summed E-state index contributed by atoms with van der Waals surface area (Å²) < 4.78 is 5.21. The number of carbonyl (C=O) groups is 1. The van der Waals surface area contributed by atoms with Crippen LogP contribution in [0.5, 0.6) is 0 Å². The second-order valence-electron chi connectivity index (χ2n) is 5.80. The van der Waals surface area contributed by atoms with E-state index in [1.54, 1.807) is 6.08 Å². The zero-order valence-corrected chi connectivity index (χ0v) is 11.4. The molecule has 0 heterocycles. The summed E-state index contributed by atoms with van der Waals surface area (Å²) >= 11 is 0. The van der Waals surface area contributed by atoms with Crippen LogP contribution in [0.2, 0.25) is 0 Å². The second-order valence-corrected chi connectivity index (χ2v) is 5.80. The highest BCUT2D eigenvalue weighted by Gasteiger charge is 2.24. The van der Waals surface area contributed by atoms with E-state index in [0.29, 0.717) is 12.5 Å². The van der Waals surface area contributed by atoms with Gasteiger partial charge in [-0.2, -0.15) is 0 Å². The number of isocyanates is 1. The van der Waals surface area contributed by atoms with Crippen molar-refractivity contribution in [1.82, 2.24) is 5.32 Å². The summed E-state index contributed by atoms with van der Waals surface area (Å²) in [6.45, 7) is 6.10. The Morgan fingerprint density at radius 1 is 1.33 bits per heavy atom. The summed E-state index contributed by atoms with van der Waals surface area (Å²) in [7, 11) is 0. The fraction of sp³-hybridized carbons (Fsp3) is 0.846. The Morgan fingerprint density at radius 3 is 2.44 bits per heavy atom. The lowest BCUT2D eigenvalue weighted by Gasteiger charge is -2.29. The lowest BCUT2D eigenvalue weighted by atomic mass is 9.86. The largest absolute Gasteiger partial charge is 0.444 e. The highest BCUT2D eigenvalue weighted by molar-refractivity contribution is 5.68. The van der Waals surface area contributed by atoms with Crippen LogP contribution in [0.1, 0.15) is 46.5 Å². The molecular weight excluding hydrogens is 232 g/mol. The van der Waals surface area contributed by atoms with Crippen LogP contribution in [0.25, 0.3) is 0 Å². The lowest BCUT2D eigenvalue weighted by molar-refractivity contribution is 0.0488. The van der Waals surface area contributed by atoms with Crippen molar-refractivity contribution >= 4 is 12.2 Å². The minimum atomic E-state index is -0.458. The topological polar surface area (TPSA) is 67.8 Å². The van der Waals surface area contributed by atoms with Crippen LogP contribution in [0.15, 0.2) is 4.99 Å². The Bertz CT molecular complexity index is 322. The molecule has 0 radical (unpaired) electrons. The van der Waals surface area contributed by atoms with E-state index in [0.717, 1.165) is 25.7 Å². The van der Waals surface area contributed by atoms with Crippen LogP contribution in [-0.4, -0.2) is 30.4 Å². The smallest absolute Gasteiger partial charge is 0.407 e. The standard InChI is InChI=1S/C13H22N2O3/c1-13(2,3)18-12(17)15-11-6-4-10(5-7-11)8-14-9-16/h10-11H,4-8H2,1-3H3,(H,15,17). The van der Waals surface area contributed by atoms with Gasteiger partial charge in [0.1, 0.15) is 5.60 Å². The minimum absolute atomic E-state index is 0.177. The summed E-state index contributed by atoms with van der Waals surface area (Å²) in [6.07, 6.45) is 5.00. The van der Waals surface area contributed by atoms with Crippen molar-refractivity contribution in [2.75, 3.05) is 6.54 Å². The number of nitrogens with one attached hydrogen (secondary N) is 1. The molecule has 1 aliphatic carbocycles. The van der Waals surface area contributed by atoms with Gasteiger partial charge in [0.05, 0.1) is 6.54 Å². The van der Waals surface area contributed by atoms with Gasteiger partial charge in [-0.15, -0.1) is 0 Å². The van der Waals surface area contributed by atoms with E-state index in [2.05, 4.69) is 10.3 Å². The lowest BCUT2D eigenvalue weighted by Crippen LogP contribution is -2.41. The van der Waals surface area contributed by atoms with Crippen molar-refractivity contribution in [1.29, 1.82) is 0 Å². The molecule has 1 rings (SSSR count). The number of alkyl carbamates (subject to hydrolysis) is 1. The minimum Gasteiger partial charge on any atom is -0.444 e. The van der Waals surface area contributed by atoms with Crippen molar-refractivity contribution in [2.24, 2.45) is 10.9 Å². The number of aliphatic imine (C=N–C) groups is 1. The number of carbonyl (C=O) groups excluding carboxylic acids is 2. The molecule has 1 amide bonds. The third-order valence-electron chi connectivity index (χ3n) is 2.98. The molecule has 1 fully saturated rings. The number of hydrogen-bond donors (Lipinski definition) is 1. The van der Waals surface area contributed by atoms with Gasteiger partial charge in [0, 0.05) is 6.04 Å². The molecule has 0 unspecified atom stereocenters. The van der Waals surface area contributed by atoms with Gasteiger partial charge in [-0.05, 0) is 52.4 Å². The summed E-state index contributed by atoms with van der Waals surface area (Å²) in [6, 6.07) is 0.177. The van der Waals surface area contributed by atoms with E-state index in [1.807, 2.05) is 20.8 Å². The molecule has 5 heteroatoms. The highest BCUT2D eigenvalue weighted by Crippen LogP contribution is 2.24. The van der Waals surface area contributed by atoms with Crippen LogP contribution < -0.4 is 5.32 Å². The predicted octanol–water partition coefficient (Wildman–Crippen LogP) is 2.41. The van der Waals surface area contributed by atoms with E-state index in [9.17, 15) is 9.59 Å². The first-order valence-corrected chi connectivity index (χ1v) is 6.44. The highest BCUT2D eigenvalue weighted by atomic mass is 16.6. The molecule has 1 saturated carbocycles. The first-order valence-electron chi connectivity index (χ1n) is 6.44. The van der Waals surface area contributed by atoms with Crippen LogP contribution in [-0.2, 0) is 9.53 Å². The molecule has 0 atom stereocenters. The molecule has 0 aliphatic heterocycles. The fourth-order valence-electron chi connectivity index (χ4n) is 2.13. The quantitative estimate of drug-likeness (QED) is 0.621. The Kier molecular flexibility index (Phi) is 5.35. The van der Waals surface area contributed by atoms with Gasteiger partial charge >= 0.3 is 6.09 Å². The average molecular weight is 254 g/mol. The van der Waals surface area contributed by atoms with E-state index in [1.165, 1.54) is 0 Å². The van der Waals surface area contributed by atoms with Gasteiger partial charge in [-0.3, -0.25) is 0 Å². The summed E-state index contributed by atoms with van der Waals surface area (Å²) in [4.78, 5) is 25.2. The molecule has 0 saturated heterocycles. The van der Waals surface area contributed by atoms with E-state index in [4.69, 9.17) is 4.74 Å². The molecule has 0 spiro atoms. The predicted molar refractivity (Wildman–Crippen MR) is 68.1 cm³/mol. The maximum atomic E-state index is 11.6. The second kappa shape index (κ2) is 6.55. The molecular formula is C13H22N2O3. The van der Waals surface area contributed by atoms with Gasteiger partial charge < -0.3 is 10.1 Å². The Hall–Kier alpha value is -1.35. The summed E-state index contributed by atoms with van der Waals surface area (Å²) in [5, 5.41) is 2.88. The molecule has 5 nitrogen and oxygen atoms in total. The normalized spacial score (nSPS) is 23.9. The number of nitrogens with zero attached hydrogens (tertiary/aromatic N) is 1. The van der Waals surface area contributed by atoms with Crippen LogP contribution in [0.4, 0.5) is 4.79 Å². The molecule has 102 valence electrons. The molecule has 0 aromatic carbocycles. The SMILES string of the molecule is CC(C)(C)OC(=O)NC1CCC(CN=C=O)CC1. The van der Waals surface area contributed by atoms with Crippen molar-refractivity contribution in [3.63, 3.8) is 0 Å². The first-order chi connectivity index (χ1) is 8.40. The fourth-order valence-corrected chi connectivity index (χ4v) is 2.13. The maximum Gasteiger partial charge on any atom is 0.407 e. The van der Waals surface area contributed by atoms with Crippen LogP contribution in [0.3, 0.4) is 0 Å². The van der Waals surface area contributed by atoms with Crippen molar-refractivity contribution < 1.29 is 14.3 Å². The third kappa shape index (κ3) is 5.82. The first kappa shape index (κ1) is 14.7. The van der Waals surface area contributed by atoms with Crippen LogP contribution in [0, 0.1) is 5.92 Å². The number of hydrogen-bond acceptors (Lipinski definition) is 4. The number of rotatable bonds is 3. The monoisotopic (exact) mass is 254 g/mol. The van der Waals surface area contributed by atoms with E-state index in [-0.39, 0.29) is 12.1 Å². The molecule has 0 aromatic rings. The Balaban J connectivity index is 2.27. The average Bonchev–Trinajstić information content (AvgIpc) is 2.25. The van der Waals surface area contributed by atoms with Crippen molar-refractivity contribution in [2.45, 2.75) is 58.1 Å². The van der Waals surface area contributed by atoms with Gasteiger partial charge in [0.25, 0.3) is 0 Å². The zero-order chi connectivity index (χ0) is 13.6. The Labute approximate surface area is 108 Å². The summed E-state index contributed by atoms with van der Waals surface area (Å²) in [5.74, 6) is 0.447. The molecule has 0 aromatic heterocycles. The molecule has 18 heavy (non-hydrogen) atoms. The van der Waals surface area contributed by atoms with Crippen LogP contribution >= 0.6 is 0 Å². The van der Waals surface area contributed by atoms with Gasteiger partial charge in [0.15, 0.2) is 0 Å². The van der Waals surface area contributed by atoms with Gasteiger partial charge in [-0.1, -0.05) is 0 Å². The van der Waals surface area contributed by atoms with E-state index < -0.39 is 5.60 Å². The number of ether oxygens (including phenoxy) is 1. The molecule has 1 N–H and O–H groups in total.